The van der Waals surface area contributed by atoms with E-state index in [0.29, 0.717) is 11.3 Å². The van der Waals surface area contributed by atoms with Crippen molar-refractivity contribution in [2.45, 2.75) is 65.3 Å². The van der Waals surface area contributed by atoms with Gasteiger partial charge in [-0.25, -0.2) is 4.98 Å². The molecular formula is C14H24N2S. The summed E-state index contributed by atoms with van der Waals surface area (Å²) < 4.78 is 0. The van der Waals surface area contributed by atoms with E-state index in [4.69, 9.17) is 10.7 Å². The van der Waals surface area contributed by atoms with Crippen molar-refractivity contribution in [2.24, 2.45) is 11.1 Å². The second-order valence-electron chi connectivity index (χ2n) is 6.23. The van der Waals surface area contributed by atoms with Crippen molar-refractivity contribution < 1.29 is 0 Å². The molecule has 0 saturated heterocycles. The molecule has 0 bridgehead atoms. The predicted octanol–water partition coefficient (Wildman–Crippen LogP) is 4.16. The number of hydrogen-bond acceptors (Lipinski definition) is 3. The van der Waals surface area contributed by atoms with Gasteiger partial charge in [0, 0.05) is 16.8 Å². The lowest BCUT2D eigenvalue weighted by Gasteiger charge is -2.33. The van der Waals surface area contributed by atoms with Crippen LogP contribution < -0.4 is 5.73 Å². The Morgan fingerprint density at radius 2 is 1.94 bits per heavy atom. The Kier molecular flexibility index (Phi) is 3.60. The molecule has 1 aliphatic rings. The van der Waals surface area contributed by atoms with Gasteiger partial charge in [0.25, 0.3) is 0 Å². The Hall–Kier alpha value is -0.410. The van der Waals surface area contributed by atoms with Gasteiger partial charge in [0.2, 0.25) is 0 Å². The minimum atomic E-state index is 0.126. The Balaban J connectivity index is 2.11. The molecule has 3 heteroatoms. The predicted molar refractivity (Wildman–Crippen MR) is 74.4 cm³/mol. The number of aromatic nitrogens is 1. The lowest BCUT2D eigenvalue weighted by molar-refractivity contribution is 0.224. The summed E-state index contributed by atoms with van der Waals surface area (Å²) in [6, 6.07) is 0.126. The summed E-state index contributed by atoms with van der Waals surface area (Å²) in [5.74, 6) is 0.680. The van der Waals surface area contributed by atoms with E-state index >= 15 is 0 Å². The smallest absolute Gasteiger partial charge is 0.0962 e. The van der Waals surface area contributed by atoms with Crippen molar-refractivity contribution in [1.82, 2.24) is 4.98 Å². The molecule has 0 aliphatic heterocycles. The molecule has 96 valence electrons. The second-order valence-corrected chi connectivity index (χ2v) is 7.29. The van der Waals surface area contributed by atoms with E-state index in [1.54, 1.807) is 0 Å². The highest BCUT2D eigenvalue weighted by molar-refractivity contribution is 7.11. The van der Waals surface area contributed by atoms with Crippen molar-refractivity contribution in [1.29, 1.82) is 0 Å². The van der Waals surface area contributed by atoms with Gasteiger partial charge in [-0.15, -0.1) is 11.3 Å². The van der Waals surface area contributed by atoms with Gasteiger partial charge in [-0.05, 0) is 44.9 Å². The molecule has 1 aliphatic carbocycles. The van der Waals surface area contributed by atoms with E-state index in [2.05, 4.69) is 20.8 Å². The molecule has 2 rings (SSSR count). The molecule has 1 atom stereocenters. The lowest BCUT2D eigenvalue weighted by Crippen LogP contribution is -2.20. The number of nitrogens with two attached hydrogens (primary N) is 1. The fourth-order valence-electron chi connectivity index (χ4n) is 2.67. The van der Waals surface area contributed by atoms with Crippen LogP contribution in [0.15, 0.2) is 0 Å². The van der Waals surface area contributed by atoms with Crippen molar-refractivity contribution in [3.8, 4) is 0 Å². The average molecular weight is 252 g/mol. The van der Waals surface area contributed by atoms with E-state index in [-0.39, 0.29) is 6.04 Å². The first-order chi connectivity index (χ1) is 7.89. The van der Waals surface area contributed by atoms with Crippen LogP contribution in [0.4, 0.5) is 0 Å². The van der Waals surface area contributed by atoms with Crippen LogP contribution in [0.3, 0.4) is 0 Å². The SMILES string of the molecule is Cc1nc(C2CCC(C)(C)CC2)sc1C(C)N. The van der Waals surface area contributed by atoms with Gasteiger partial charge in [0.05, 0.1) is 10.7 Å². The van der Waals surface area contributed by atoms with Crippen LogP contribution >= 0.6 is 11.3 Å². The summed E-state index contributed by atoms with van der Waals surface area (Å²) in [6.07, 6.45) is 5.23. The summed E-state index contributed by atoms with van der Waals surface area (Å²) in [7, 11) is 0. The molecule has 0 spiro atoms. The van der Waals surface area contributed by atoms with Crippen LogP contribution in [0.25, 0.3) is 0 Å². The molecule has 0 amide bonds. The van der Waals surface area contributed by atoms with E-state index < -0.39 is 0 Å². The zero-order valence-electron chi connectivity index (χ0n) is 11.4. The third kappa shape index (κ3) is 2.89. The summed E-state index contributed by atoms with van der Waals surface area (Å²) in [6.45, 7) is 8.90. The van der Waals surface area contributed by atoms with Crippen molar-refractivity contribution in [3.63, 3.8) is 0 Å². The highest BCUT2D eigenvalue weighted by atomic mass is 32.1. The summed E-state index contributed by atoms with van der Waals surface area (Å²) >= 11 is 1.84. The average Bonchev–Trinajstić information content (AvgIpc) is 2.60. The molecule has 1 aromatic heterocycles. The Bertz CT molecular complexity index is 383. The number of nitrogens with zero attached hydrogens (tertiary/aromatic N) is 1. The third-order valence-electron chi connectivity index (χ3n) is 3.95. The molecule has 1 fully saturated rings. The second kappa shape index (κ2) is 4.69. The molecule has 0 aromatic carbocycles. The first kappa shape index (κ1) is 13.0. The fraction of sp³-hybridized carbons (Fsp3) is 0.786. The van der Waals surface area contributed by atoms with Gasteiger partial charge in [-0.1, -0.05) is 13.8 Å². The van der Waals surface area contributed by atoms with E-state index in [1.807, 2.05) is 18.3 Å². The van der Waals surface area contributed by atoms with Gasteiger partial charge in [0.15, 0.2) is 0 Å². The number of hydrogen-bond donors (Lipinski definition) is 1. The maximum Gasteiger partial charge on any atom is 0.0962 e. The van der Waals surface area contributed by atoms with Gasteiger partial charge in [0.1, 0.15) is 0 Å². The first-order valence-electron chi connectivity index (χ1n) is 6.62. The van der Waals surface area contributed by atoms with Crippen LogP contribution in [0.1, 0.15) is 74.0 Å². The molecule has 17 heavy (non-hydrogen) atoms. The summed E-state index contributed by atoms with van der Waals surface area (Å²) in [5, 5.41) is 1.32. The number of rotatable bonds is 2. The Morgan fingerprint density at radius 1 is 1.35 bits per heavy atom. The lowest BCUT2D eigenvalue weighted by atomic mass is 9.73. The maximum atomic E-state index is 5.97. The Morgan fingerprint density at radius 3 is 2.41 bits per heavy atom. The highest BCUT2D eigenvalue weighted by Crippen LogP contribution is 2.44. The Labute approximate surface area is 109 Å². The fourth-order valence-corrected chi connectivity index (χ4v) is 3.86. The minimum absolute atomic E-state index is 0.126. The monoisotopic (exact) mass is 252 g/mol. The molecule has 2 N–H and O–H groups in total. The van der Waals surface area contributed by atoms with Crippen LogP contribution in [-0.4, -0.2) is 4.98 Å². The first-order valence-corrected chi connectivity index (χ1v) is 7.43. The highest BCUT2D eigenvalue weighted by Gasteiger charge is 2.29. The topological polar surface area (TPSA) is 38.9 Å². The van der Waals surface area contributed by atoms with E-state index in [0.717, 1.165) is 5.69 Å². The maximum absolute atomic E-state index is 5.97. The summed E-state index contributed by atoms with van der Waals surface area (Å²) in [5.41, 5.74) is 7.65. The molecule has 1 saturated carbocycles. The normalized spacial score (nSPS) is 22.6. The number of thiazole rings is 1. The summed E-state index contributed by atoms with van der Waals surface area (Å²) in [4.78, 5) is 6.01. The minimum Gasteiger partial charge on any atom is -0.323 e. The van der Waals surface area contributed by atoms with Gasteiger partial charge < -0.3 is 5.73 Å². The molecule has 1 heterocycles. The quantitative estimate of drug-likeness (QED) is 0.858. The van der Waals surface area contributed by atoms with Crippen LogP contribution in [0.2, 0.25) is 0 Å². The van der Waals surface area contributed by atoms with Crippen molar-refractivity contribution in [2.75, 3.05) is 0 Å². The molecule has 0 radical (unpaired) electrons. The third-order valence-corrected chi connectivity index (χ3v) is 5.47. The standard InChI is InChI=1S/C14H24N2S/c1-9(15)12-10(2)16-13(17-12)11-5-7-14(3,4)8-6-11/h9,11H,5-8,15H2,1-4H3. The molecule has 1 aromatic rings. The molecule has 1 unspecified atom stereocenters. The van der Waals surface area contributed by atoms with E-state index in [1.165, 1.54) is 35.6 Å². The van der Waals surface area contributed by atoms with Crippen LogP contribution in [-0.2, 0) is 0 Å². The number of aryl methyl sites for hydroxylation is 1. The van der Waals surface area contributed by atoms with Crippen molar-refractivity contribution >= 4 is 11.3 Å². The molecular weight excluding hydrogens is 228 g/mol. The molecule has 2 nitrogen and oxygen atoms in total. The van der Waals surface area contributed by atoms with Gasteiger partial charge in [-0.2, -0.15) is 0 Å². The van der Waals surface area contributed by atoms with Crippen molar-refractivity contribution in [3.05, 3.63) is 15.6 Å². The van der Waals surface area contributed by atoms with Gasteiger partial charge >= 0.3 is 0 Å². The van der Waals surface area contributed by atoms with Gasteiger partial charge in [-0.3, -0.25) is 0 Å². The van der Waals surface area contributed by atoms with E-state index in [9.17, 15) is 0 Å². The zero-order valence-corrected chi connectivity index (χ0v) is 12.2. The van der Waals surface area contributed by atoms with Crippen LogP contribution in [0, 0.1) is 12.3 Å². The van der Waals surface area contributed by atoms with Crippen LogP contribution in [0.5, 0.6) is 0 Å². The largest absolute Gasteiger partial charge is 0.323 e. The zero-order chi connectivity index (χ0) is 12.6.